The number of nitrogens with zero attached hydrogens (tertiary/aromatic N) is 1. The van der Waals surface area contributed by atoms with Crippen molar-refractivity contribution >= 4 is 11.6 Å². The predicted molar refractivity (Wildman–Crippen MR) is 55.6 cm³/mol. The number of hydrogen-bond donors (Lipinski definition) is 2. The Morgan fingerprint density at radius 1 is 1.56 bits per heavy atom. The molecule has 0 saturated heterocycles. The molecule has 0 aliphatic carbocycles. The molecule has 1 aromatic rings. The van der Waals surface area contributed by atoms with Crippen molar-refractivity contribution in [2.24, 2.45) is 0 Å². The minimum absolute atomic E-state index is 0.272. The fourth-order valence-electron chi connectivity index (χ4n) is 1.80. The number of fused-ring (bicyclic) bond motifs is 1. The van der Waals surface area contributed by atoms with Gasteiger partial charge in [0, 0.05) is 16.2 Å². The van der Waals surface area contributed by atoms with Crippen LogP contribution in [-0.2, 0) is 10.4 Å². The van der Waals surface area contributed by atoms with Crippen molar-refractivity contribution < 1.29 is 14.8 Å². The third-order valence-electron chi connectivity index (χ3n) is 2.60. The van der Waals surface area contributed by atoms with Gasteiger partial charge in [-0.15, -0.1) is 0 Å². The third kappa shape index (κ3) is 1.43. The first-order chi connectivity index (χ1) is 7.43. The molecular weight excluding hydrogens is 212 g/mol. The van der Waals surface area contributed by atoms with Gasteiger partial charge in [0.1, 0.15) is 0 Å². The van der Waals surface area contributed by atoms with E-state index >= 15 is 0 Å². The summed E-state index contributed by atoms with van der Waals surface area (Å²) in [7, 11) is 0. The van der Waals surface area contributed by atoms with Crippen molar-refractivity contribution in [1.29, 1.82) is 0 Å². The lowest BCUT2D eigenvalue weighted by Crippen LogP contribution is -2.40. The Morgan fingerprint density at radius 2 is 2.25 bits per heavy atom. The summed E-state index contributed by atoms with van der Waals surface area (Å²) in [6, 6.07) is 4.97. The second kappa shape index (κ2) is 3.28. The van der Waals surface area contributed by atoms with Gasteiger partial charge in [0.05, 0.1) is 0 Å². The van der Waals surface area contributed by atoms with E-state index in [1.165, 1.54) is 0 Å². The molecule has 1 atom stereocenters. The standard InChI is InChI=1S/C10H10N2O4/c1-6-2-3-8-7(4-6)10(14,5-12(15)16)9(13)11-8/h2-4,14H,5H2,1H3,(H,11,13)/t10-/m0/s1. The van der Waals surface area contributed by atoms with E-state index in [2.05, 4.69) is 5.32 Å². The molecule has 2 rings (SSSR count). The Hall–Kier alpha value is -1.95. The number of carbonyl (C=O) groups excluding carboxylic acids is 1. The molecule has 84 valence electrons. The van der Waals surface area contributed by atoms with Gasteiger partial charge in [-0.2, -0.15) is 0 Å². The number of carbonyl (C=O) groups is 1. The van der Waals surface area contributed by atoms with Gasteiger partial charge >= 0.3 is 0 Å². The van der Waals surface area contributed by atoms with Crippen LogP contribution in [0.5, 0.6) is 0 Å². The minimum atomic E-state index is -2.05. The lowest BCUT2D eigenvalue weighted by atomic mass is 9.94. The summed E-state index contributed by atoms with van der Waals surface area (Å²) in [6.45, 7) is 0.963. The number of aryl methyl sites for hydroxylation is 1. The number of anilines is 1. The smallest absolute Gasteiger partial charge is 0.268 e. The lowest BCUT2D eigenvalue weighted by Gasteiger charge is -2.15. The van der Waals surface area contributed by atoms with Crippen LogP contribution in [0, 0.1) is 17.0 Å². The van der Waals surface area contributed by atoms with Crippen LogP contribution in [0.1, 0.15) is 11.1 Å². The van der Waals surface area contributed by atoms with Crippen LogP contribution >= 0.6 is 0 Å². The normalized spacial score (nSPS) is 22.8. The quantitative estimate of drug-likeness (QED) is 0.560. The van der Waals surface area contributed by atoms with E-state index in [-0.39, 0.29) is 5.56 Å². The molecule has 0 aromatic heterocycles. The minimum Gasteiger partial charge on any atom is -0.370 e. The molecule has 0 spiro atoms. The Morgan fingerprint density at radius 3 is 2.88 bits per heavy atom. The van der Waals surface area contributed by atoms with Crippen LogP contribution in [-0.4, -0.2) is 22.5 Å². The number of rotatable bonds is 2. The molecule has 0 bridgehead atoms. The zero-order valence-electron chi connectivity index (χ0n) is 8.56. The highest BCUT2D eigenvalue weighted by atomic mass is 16.6. The highest BCUT2D eigenvalue weighted by molar-refractivity contribution is 6.05. The van der Waals surface area contributed by atoms with Gasteiger partial charge in [-0.25, -0.2) is 0 Å². The van der Waals surface area contributed by atoms with E-state index in [1.54, 1.807) is 25.1 Å². The third-order valence-corrected chi connectivity index (χ3v) is 2.60. The molecule has 6 nitrogen and oxygen atoms in total. The van der Waals surface area contributed by atoms with E-state index in [0.29, 0.717) is 5.69 Å². The fourth-order valence-corrected chi connectivity index (χ4v) is 1.80. The number of benzene rings is 1. The number of amides is 1. The second-order valence-electron chi connectivity index (χ2n) is 3.85. The number of hydrogen-bond acceptors (Lipinski definition) is 4. The topological polar surface area (TPSA) is 92.5 Å². The zero-order valence-corrected chi connectivity index (χ0v) is 8.56. The Balaban J connectivity index is 2.53. The largest absolute Gasteiger partial charge is 0.370 e. The van der Waals surface area contributed by atoms with Gasteiger partial charge in [-0.3, -0.25) is 14.9 Å². The van der Waals surface area contributed by atoms with Gasteiger partial charge in [-0.1, -0.05) is 17.7 Å². The van der Waals surface area contributed by atoms with Crippen LogP contribution in [0.2, 0.25) is 0 Å². The molecule has 0 saturated carbocycles. The Kier molecular flexibility index (Phi) is 2.16. The van der Waals surface area contributed by atoms with Crippen molar-refractivity contribution in [2.75, 3.05) is 11.9 Å². The maximum Gasteiger partial charge on any atom is 0.268 e. The fraction of sp³-hybridized carbons (Fsp3) is 0.300. The monoisotopic (exact) mass is 222 g/mol. The number of aliphatic hydroxyl groups is 1. The van der Waals surface area contributed by atoms with Gasteiger partial charge < -0.3 is 10.4 Å². The van der Waals surface area contributed by atoms with Crippen LogP contribution < -0.4 is 5.32 Å². The Labute approximate surface area is 91.0 Å². The van der Waals surface area contributed by atoms with Crippen molar-refractivity contribution in [3.63, 3.8) is 0 Å². The highest BCUT2D eigenvalue weighted by Gasteiger charge is 2.49. The van der Waals surface area contributed by atoms with E-state index in [0.717, 1.165) is 5.56 Å². The summed E-state index contributed by atoms with van der Waals surface area (Å²) < 4.78 is 0. The number of nitrogens with one attached hydrogen (secondary N) is 1. The summed E-state index contributed by atoms with van der Waals surface area (Å²) >= 11 is 0. The first-order valence-electron chi connectivity index (χ1n) is 4.70. The molecule has 1 aliphatic heterocycles. The molecule has 0 unspecified atom stereocenters. The van der Waals surface area contributed by atoms with Crippen LogP contribution in [0.3, 0.4) is 0 Å². The summed E-state index contributed by atoms with van der Waals surface area (Å²) in [5.41, 5.74) is -0.517. The molecule has 1 aromatic carbocycles. The van der Waals surface area contributed by atoms with E-state index in [9.17, 15) is 20.0 Å². The van der Waals surface area contributed by atoms with Crippen molar-refractivity contribution in [3.05, 3.63) is 39.4 Å². The average Bonchev–Trinajstić information content (AvgIpc) is 2.40. The summed E-state index contributed by atoms with van der Waals surface area (Å²) in [4.78, 5) is 21.3. The van der Waals surface area contributed by atoms with Crippen molar-refractivity contribution in [3.8, 4) is 0 Å². The first kappa shape index (κ1) is 10.6. The summed E-state index contributed by atoms with van der Waals surface area (Å²) in [5, 5.41) is 22.9. The molecule has 0 fully saturated rings. The molecule has 1 amide bonds. The molecular formula is C10H10N2O4. The highest BCUT2D eigenvalue weighted by Crippen LogP contribution is 2.36. The maximum absolute atomic E-state index is 11.5. The van der Waals surface area contributed by atoms with E-state index in [1.807, 2.05) is 0 Å². The van der Waals surface area contributed by atoms with Gasteiger partial charge in [0.15, 0.2) is 0 Å². The van der Waals surface area contributed by atoms with Gasteiger partial charge in [-0.05, 0) is 13.0 Å². The van der Waals surface area contributed by atoms with Gasteiger partial charge in [0.2, 0.25) is 12.1 Å². The van der Waals surface area contributed by atoms with Crippen molar-refractivity contribution in [1.82, 2.24) is 0 Å². The second-order valence-corrected chi connectivity index (χ2v) is 3.85. The molecule has 6 heteroatoms. The molecule has 16 heavy (non-hydrogen) atoms. The SMILES string of the molecule is Cc1ccc2c(c1)[C@@](O)(C[N+](=O)[O-])C(=O)N2. The first-order valence-corrected chi connectivity index (χ1v) is 4.70. The predicted octanol–water partition coefficient (Wildman–Crippen LogP) is 0.411. The lowest BCUT2D eigenvalue weighted by molar-refractivity contribution is -0.498. The summed E-state index contributed by atoms with van der Waals surface area (Å²) in [5.74, 6) is -0.746. The maximum atomic E-state index is 11.5. The van der Waals surface area contributed by atoms with Crippen molar-refractivity contribution in [2.45, 2.75) is 12.5 Å². The molecule has 2 N–H and O–H groups in total. The number of nitro groups is 1. The average molecular weight is 222 g/mol. The van der Waals surface area contributed by atoms with Crippen LogP contribution in [0.4, 0.5) is 5.69 Å². The molecule has 1 heterocycles. The van der Waals surface area contributed by atoms with Crippen LogP contribution in [0.15, 0.2) is 18.2 Å². The van der Waals surface area contributed by atoms with E-state index in [4.69, 9.17) is 0 Å². The van der Waals surface area contributed by atoms with Gasteiger partial charge in [0.25, 0.3) is 5.91 Å². The Bertz CT molecular complexity index is 486. The van der Waals surface area contributed by atoms with E-state index < -0.39 is 23.0 Å². The zero-order chi connectivity index (χ0) is 11.9. The molecule has 0 radical (unpaired) electrons. The summed E-state index contributed by atoms with van der Waals surface area (Å²) in [6.07, 6.45) is 0. The van der Waals surface area contributed by atoms with Crippen LogP contribution in [0.25, 0.3) is 0 Å². The molecule has 1 aliphatic rings.